The van der Waals surface area contributed by atoms with Crippen molar-refractivity contribution in [3.8, 4) is 0 Å². The molecule has 0 aromatic heterocycles. The molecule has 1 aliphatic heterocycles. The Hall–Kier alpha value is -4.07. The van der Waals surface area contributed by atoms with Gasteiger partial charge in [0, 0.05) is 11.1 Å². The summed E-state index contributed by atoms with van der Waals surface area (Å²) in [5, 5.41) is 1.53. The summed E-state index contributed by atoms with van der Waals surface area (Å²) < 4.78 is 43.9. The lowest BCUT2D eigenvalue weighted by Crippen LogP contribution is -2.69. The molecule has 4 aromatic rings. The van der Waals surface area contributed by atoms with Crippen LogP contribution in [0.4, 0.5) is 13.6 Å². The van der Waals surface area contributed by atoms with Gasteiger partial charge in [0.25, 0.3) is 8.32 Å². The molecular formula is C37H39F2NO3Si. The van der Waals surface area contributed by atoms with Gasteiger partial charge in [0.15, 0.2) is 6.23 Å². The first kappa shape index (κ1) is 31.4. The summed E-state index contributed by atoms with van der Waals surface area (Å²) in [5.41, 5.74) is 0.392. The third kappa shape index (κ3) is 6.12. The Labute approximate surface area is 260 Å². The highest BCUT2D eigenvalue weighted by atomic mass is 28.4. The summed E-state index contributed by atoms with van der Waals surface area (Å²) in [7, 11) is -3.30. The van der Waals surface area contributed by atoms with Gasteiger partial charge in [0.05, 0.1) is 6.04 Å². The third-order valence-electron chi connectivity index (χ3n) is 7.85. The number of hydrogen-bond donors (Lipinski definition) is 0. The third-order valence-corrected chi connectivity index (χ3v) is 12.8. The lowest BCUT2D eigenvalue weighted by atomic mass is 10.0. The van der Waals surface area contributed by atoms with Crippen molar-refractivity contribution in [3.05, 3.63) is 138 Å². The largest absolute Gasteiger partial charge is 0.444 e. The number of ether oxygens (including phenoxy) is 1. The standard InChI is InChI=1S/C37H39F2NO3Si/c1-36(2,3)42-35(41)40-33(26-16-10-7-11-17-26)25-31(30-24-27(38)22-23-32(30)39)34(40)43-44(37(4,5)6,28-18-12-8-13-19-28)29-20-14-9-15-21-29/h7-25,33-34H,1-6H3. The Kier molecular flexibility index (Phi) is 8.65. The van der Waals surface area contributed by atoms with Crippen molar-refractivity contribution in [3.63, 3.8) is 0 Å². The second-order valence-electron chi connectivity index (χ2n) is 13.1. The molecule has 2 atom stereocenters. The van der Waals surface area contributed by atoms with Gasteiger partial charge in [-0.3, -0.25) is 4.90 Å². The molecule has 0 fully saturated rings. The van der Waals surface area contributed by atoms with E-state index < -0.39 is 49.0 Å². The zero-order chi connectivity index (χ0) is 31.7. The maximum absolute atomic E-state index is 15.6. The van der Waals surface area contributed by atoms with E-state index in [0.717, 1.165) is 28.1 Å². The van der Waals surface area contributed by atoms with Crippen LogP contribution in [0.15, 0.2) is 115 Å². The highest BCUT2D eigenvalue weighted by Gasteiger charge is 2.55. The molecule has 0 saturated heterocycles. The summed E-state index contributed by atoms with van der Waals surface area (Å²) in [4.78, 5) is 15.8. The van der Waals surface area contributed by atoms with Crippen molar-refractivity contribution in [2.45, 2.75) is 64.5 Å². The first-order valence-corrected chi connectivity index (χ1v) is 16.7. The van der Waals surface area contributed by atoms with Gasteiger partial charge in [-0.2, -0.15) is 0 Å². The molecule has 44 heavy (non-hydrogen) atoms. The van der Waals surface area contributed by atoms with E-state index in [1.54, 1.807) is 31.7 Å². The SMILES string of the molecule is CC(C)(C)OC(=O)N1C(O[Si](c2ccccc2)(c2ccccc2)C(C)(C)C)C(c2cc(F)ccc2F)=CC1c1ccccc1. The number of nitrogens with zero attached hydrogens (tertiary/aromatic N) is 1. The van der Waals surface area contributed by atoms with Gasteiger partial charge in [0.1, 0.15) is 17.2 Å². The first-order chi connectivity index (χ1) is 20.8. The van der Waals surface area contributed by atoms with Crippen LogP contribution < -0.4 is 10.4 Å². The van der Waals surface area contributed by atoms with Crippen molar-refractivity contribution >= 4 is 30.4 Å². The molecule has 2 unspecified atom stereocenters. The highest BCUT2D eigenvalue weighted by Crippen LogP contribution is 2.46. The van der Waals surface area contributed by atoms with Crippen molar-refractivity contribution < 1.29 is 22.7 Å². The Bertz CT molecular complexity index is 1590. The molecule has 228 valence electrons. The predicted octanol–water partition coefficient (Wildman–Crippen LogP) is 8.24. The van der Waals surface area contributed by atoms with Gasteiger partial charge in [-0.05, 0) is 66.0 Å². The van der Waals surface area contributed by atoms with E-state index in [0.29, 0.717) is 5.57 Å². The topological polar surface area (TPSA) is 38.8 Å². The van der Waals surface area contributed by atoms with Crippen LogP contribution >= 0.6 is 0 Å². The van der Waals surface area contributed by atoms with Gasteiger partial charge in [-0.1, -0.05) is 112 Å². The maximum Gasteiger partial charge on any atom is 0.413 e. The molecule has 1 aliphatic rings. The van der Waals surface area contributed by atoms with Crippen LogP contribution in [-0.2, 0) is 9.16 Å². The number of hydrogen-bond acceptors (Lipinski definition) is 3. The van der Waals surface area contributed by atoms with Crippen LogP contribution in [0.3, 0.4) is 0 Å². The van der Waals surface area contributed by atoms with E-state index in [1.807, 2.05) is 66.7 Å². The molecule has 5 rings (SSSR count). The minimum absolute atomic E-state index is 0.0416. The number of halogens is 2. The molecule has 7 heteroatoms. The van der Waals surface area contributed by atoms with Gasteiger partial charge in [-0.25, -0.2) is 13.6 Å². The van der Waals surface area contributed by atoms with E-state index in [4.69, 9.17) is 9.16 Å². The average Bonchev–Trinajstić information content (AvgIpc) is 3.36. The fourth-order valence-electron chi connectivity index (χ4n) is 5.98. The second kappa shape index (κ2) is 12.1. The van der Waals surface area contributed by atoms with Crippen LogP contribution in [0.1, 0.15) is 58.7 Å². The molecule has 0 spiro atoms. The van der Waals surface area contributed by atoms with Crippen molar-refractivity contribution in [2.24, 2.45) is 0 Å². The molecule has 4 aromatic carbocycles. The summed E-state index contributed by atoms with van der Waals surface area (Å²) >= 11 is 0. The van der Waals surface area contributed by atoms with Crippen LogP contribution in [0, 0.1) is 11.6 Å². The van der Waals surface area contributed by atoms with Gasteiger partial charge < -0.3 is 9.16 Å². The van der Waals surface area contributed by atoms with Crippen molar-refractivity contribution in [1.82, 2.24) is 4.90 Å². The Morgan fingerprint density at radius 3 is 1.77 bits per heavy atom. The Morgan fingerprint density at radius 1 is 0.750 bits per heavy atom. The summed E-state index contributed by atoms with van der Waals surface area (Å²) in [6.45, 7) is 11.8. The second-order valence-corrected chi connectivity index (χ2v) is 17.4. The minimum atomic E-state index is -3.30. The normalized spacial score (nSPS) is 17.4. The van der Waals surface area contributed by atoms with E-state index in [1.165, 1.54) is 6.07 Å². The summed E-state index contributed by atoms with van der Waals surface area (Å²) in [6, 6.07) is 32.2. The molecule has 1 heterocycles. The lowest BCUT2D eigenvalue weighted by molar-refractivity contribution is -0.0105. The first-order valence-electron chi connectivity index (χ1n) is 14.8. The molecule has 0 saturated carbocycles. The fourth-order valence-corrected chi connectivity index (χ4v) is 10.6. The van der Waals surface area contributed by atoms with E-state index in [2.05, 4.69) is 45.0 Å². The monoisotopic (exact) mass is 611 g/mol. The zero-order valence-electron chi connectivity index (χ0n) is 26.1. The number of carbonyl (C=O) groups is 1. The van der Waals surface area contributed by atoms with Crippen molar-refractivity contribution in [2.75, 3.05) is 0 Å². The number of carbonyl (C=O) groups excluding carboxylic acids is 1. The number of rotatable bonds is 6. The Morgan fingerprint density at radius 2 is 1.27 bits per heavy atom. The summed E-state index contributed by atoms with van der Waals surface area (Å²) in [5.74, 6) is -1.19. The van der Waals surface area contributed by atoms with E-state index in [-0.39, 0.29) is 5.56 Å². The maximum atomic E-state index is 15.6. The highest BCUT2D eigenvalue weighted by molar-refractivity contribution is 6.99. The molecule has 4 nitrogen and oxygen atoms in total. The molecule has 0 bridgehead atoms. The Balaban J connectivity index is 1.80. The smallest absolute Gasteiger partial charge is 0.413 e. The predicted molar refractivity (Wildman–Crippen MR) is 174 cm³/mol. The van der Waals surface area contributed by atoms with E-state index >= 15 is 4.39 Å². The molecule has 1 amide bonds. The van der Waals surface area contributed by atoms with Crippen LogP contribution in [0.5, 0.6) is 0 Å². The number of benzene rings is 4. The van der Waals surface area contributed by atoms with Crippen LogP contribution in [-0.4, -0.2) is 31.1 Å². The molecule has 0 aliphatic carbocycles. The zero-order valence-corrected chi connectivity index (χ0v) is 27.1. The van der Waals surface area contributed by atoms with E-state index in [9.17, 15) is 9.18 Å². The molecule has 0 radical (unpaired) electrons. The van der Waals surface area contributed by atoms with Crippen LogP contribution in [0.25, 0.3) is 5.57 Å². The van der Waals surface area contributed by atoms with Gasteiger partial charge in [0.2, 0.25) is 0 Å². The van der Waals surface area contributed by atoms with Crippen LogP contribution in [0.2, 0.25) is 5.04 Å². The quantitative estimate of drug-likeness (QED) is 0.206. The average molecular weight is 612 g/mol. The fraction of sp³-hybridized carbons (Fsp3) is 0.270. The van der Waals surface area contributed by atoms with Gasteiger partial charge >= 0.3 is 6.09 Å². The lowest BCUT2D eigenvalue weighted by Gasteiger charge is -2.47. The summed E-state index contributed by atoms with van der Waals surface area (Å²) in [6.07, 6.45) is 0.0922. The molecular weight excluding hydrogens is 572 g/mol. The molecule has 0 N–H and O–H groups in total. The van der Waals surface area contributed by atoms with Gasteiger partial charge in [-0.15, -0.1) is 0 Å². The number of amides is 1. The minimum Gasteiger partial charge on any atom is -0.444 e. The van der Waals surface area contributed by atoms with Crippen molar-refractivity contribution in [1.29, 1.82) is 0 Å².